The van der Waals surface area contributed by atoms with Crippen LogP contribution in [0.4, 0.5) is 0 Å². The summed E-state index contributed by atoms with van der Waals surface area (Å²) in [5, 5.41) is 12.1. The highest BCUT2D eigenvalue weighted by atomic mass is 16.6. The lowest BCUT2D eigenvalue weighted by molar-refractivity contribution is -0.219. The molecule has 0 heterocycles. The average Bonchev–Trinajstić information content (AvgIpc) is 3.55. The molecular weight excluding hydrogens is 873 g/mol. The number of esters is 8. The van der Waals surface area contributed by atoms with Gasteiger partial charge in [0.1, 0.15) is 29.0 Å². The van der Waals surface area contributed by atoms with Crippen molar-refractivity contribution < 1.29 is 81.4 Å². The molecule has 0 aromatic carbocycles. The number of hydrogen-bond donors (Lipinski definition) is 1. The lowest BCUT2D eigenvalue weighted by Crippen LogP contribution is -2.63. The van der Waals surface area contributed by atoms with Crippen LogP contribution in [0.15, 0.2) is 0 Å². The van der Waals surface area contributed by atoms with E-state index in [9.17, 15) is 43.5 Å². The van der Waals surface area contributed by atoms with Crippen LogP contribution in [0, 0.1) is 46.3 Å². The van der Waals surface area contributed by atoms with Crippen LogP contribution >= 0.6 is 0 Å². The molecule has 67 heavy (non-hydrogen) atoms. The molecule has 17 heteroatoms. The van der Waals surface area contributed by atoms with Crippen molar-refractivity contribution in [1.82, 2.24) is 0 Å². The van der Waals surface area contributed by atoms with Crippen LogP contribution in [0.3, 0.4) is 0 Å². The zero-order valence-corrected chi connectivity index (χ0v) is 42.0. The summed E-state index contributed by atoms with van der Waals surface area (Å²) in [6.07, 6.45) is 1.95. The van der Waals surface area contributed by atoms with Gasteiger partial charge >= 0.3 is 47.8 Å². The lowest BCUT2D eigenvalue weighted by Gasteiger charge is -2.64. The fraction of sp³-hybridized carbons (Fsp3) is 0.840. The first-order valence-electron chi connectivity index (χ1n) is 24.1. The summed E-state index contributed by atoms with van der Waals surface area (Å²) in [7, 11) is 0. The molecule has 0 radical (unpaired) electrons. The number of aliphatic hydroxyl groups is 1. The molecule has 0 bridgehead atoms. The molecule has 0 saturated heterocycles. The Morgan fingerprint density at radius 1 is 0.552 bits per heavy atom. The molecular formula is C50H78O17. The van der Waals surface area contributed by atoms with Gasteiger partial charge in [-0.3, -0.25) is 24.0 Å². The van der Waals surface area contributed by atoms with E-state index < -0.39 is 108 Å². The maximum Gasteiger partial charge on any atom is 0.344 e. The van der Waals surface area contributed by atoms with Crippen molar-refractivity contribution in [2.24, 2.45) is 46.3 Å². The maximum absolute atomic E-state index is 13.8. The van der Waals surface area contributed by atoms with Crippen molar-refractivity contribution in [2.75, 3.05) is 19.8 Å². The van der Waals surface area contributed by atoms with E-state index in [2.05, 4.69) is 20.8 Å². The highest BCUT2D eigenvalue weighted by Crippen LogP contribution is 2.69. The molecule has 1 N–H and O–H groups in total. The summed E-state index contributed by atoms with van der Waals surface area (Å²) >= 11 is 0. The largest absolute Gasteiger partial charge is 0.462 e. The second-order valence-corrected chi connectivity index (χ2v) is 22.7. The first-order valence-corrected chi connectivity index (χ1v) is 24.1. The van der Waals surface area contributed by atoms with E-state index in [4.69, 9.17) is 37.9 Å². The molecule has 17 nitrogen and oxygen atoms in total. The smallest absolute Gasteiger partial charge is 0.344 e. The first kappa shape index (κ1) is 55.3. The van der Waals surface area contributed by atoms with Gasteiger partial charge in [0.25, 0.3) is 0 Å². The predicted octanol–water partition coefficient (Wildman–Crippen LogP) is 6.68. The van der Waals surface area contributed by atoms with Gasteiger partial charge in [0.05, 0.1) is 31.8 Å². The number of rotatable bonds is 18. The molecule has 4 aliphatic rings. The molecule has 0 aromatic rings. The molecule has 0 amide bonds. The Hall–Kier alpha value is -4.28. The predicted molar refractivity (Wildman–Crippen MR) is 239 cm³/mol. The molecule has 11 unspecified atom stereocenters. The zero-order chi connectivity index (χ0) is 50.3. The summed E-state index contributed by atoms with van der Waals surface area (Å²) in [6.45, 7) is 20.2. The lowest BCUT2D eigenvalue weighted by atomic mass is 9.43. The number of fused-ring (bicyclic) bond motifs is 5. The van der Waals surface area contributed by atoms with Crippen molar-refractivity contribution in [3.63, 3.8) is 0 Å². The summed E-state index contributed by atoms with van der Waals surface area (Å²) in [6, 6.07) is 0. The van der Waals surface area contributed by atoms with Crippen molar-refractivity contribution in [1.29, 1.82) is 0 Å². The van der Waals surface area contributed by atoms with E-state index in [0.717, 1.165) is 12.8 Å². The van der Waals surface area contributed by atoms with Crippen molar-refractivity contribution >= 4 is 47.8 Å². The molecule has 380 valence electrons. The molecule has 4 fully saturated rings. The highest BCUT2D eigenvalue weighted by molar-refractivity contribution is 5.81. The van der Waals surface area contributed by atoms with Gasteiger partial charge in [-0.05, 0) is 155 Å². The second-order valence-electron chi connectivity index (χ2n) is 22.7. The maximum atomic E-state index is 13.8. The van der Waals surface area contributed by atoms with Crippen molar-refractivity contribution in [3.8, 4) is 0 Å². The van der Waals surface area contributed by atoms with E-state index in [-0.39, 0.29) is 73.0 Å². The summed E-state index contributed by atoms with van der Waals surface area (Å²) in [5.74, 6) is -5.50. The summed E-state index contributed by atoms with van der Waals surface area (Å²) in [4.78, 5) is 101. The van der Waals surface area contributed by atoms with Crippen LogP contribution in [0.1, 0.15) is 167 Å². The summed E-state index contributed by atoms with van der Waals surface area (Å²) in [5.41, 5.74) is -3.13. The number of hydrogen-bond acceptors (Lipinski definition) is 17. The van der Waals surface area contributed by atoms with Crippen LogP contribution < -0.4 is 0 Å². The van der Waals surface area contributed by atoms with Gasteiger partial charge in [-0.15, -0.1) is 0 Å². The van der Waals surface area contributed by atoms with Gasteiger partial charge < -0.3 is 43.0 Å². The standard InChI is InChI=1S/C50H78O17/c1-29(13-16-37(52)60-26-42(57)65-46(2,3)4)32-14-15-33-45-34(25-36(50(32,33)12)64-41(56)20-18-39(54)62-28-44(59)67-48(8,9)10)49(11)22-21-31(23-30(49)24-35(45)51)63-40(55)19-17-38(53)61-27-43(58)66-47(5,6)7/h29-36,45,51H,13-28H2,1-12H3. The van der Waals surface area contributed by atoms with Gasteiger partial charge in [-0.2, -0.15) is 0 Å². The number of aliphatic hydroxyl groups excluding tert-OH is 1. The van der Waals surface area contributed by atoms with Crippen molar-refractivity contribution in [3.05, 3.63) is 0 Å². The summed E-state index contributed by atoms with van der Waals surface area (Å²) < 4.78 is 43.3. The van der Waals surface area contributed by atoms with Crippen LogP contribution in [-0.2, 0) is 76.3 Å². The topological polar surface area (TPSA) is 231 Å². The fourth-order valence-corrected chi connectivity index (χ4v) is 11.5. The Balaban J connectivity index is 1.45. The van der Waals surface area contributed by atoms with E-state index in [1.165, 1.54) is 0 Å². The third-order valence-corrected chi connectivity index (χ3v) is 14.2. The normalized spacial score (nSPS) is 29.6. The second kappa shape index (κ2) is 22.4. The van der Waals surface area contributed by atoms with Crippen LogP contribution in [0.5, 0.6) is 0 Å². The van der Waals surface area contributed by atoms with Gasteiger partial charge in [0.2, 0.25) is 0 Å². The quantitative estimate of drug-likeness (QED) is 0.112. The number of carbonyl (C=O) groups excluding carboxylic acids is 8. The molecule has 4 rings (SSSR count). The minimum atomic E-state index is -0.759. The Bertz CT molecular complexity index is 1800. The Morgan fingerprint density at radius 3 is 1.48 bits per heavy atom. The van der Waals surface area contributed by atoms with E-state index in [0.29, 0.717) is 38.5 Å². The Morgan fingerprint density at radius 2 is 1.00 bits per heavy atom. The molecule has 4 saturated carbocycles. The number of carbonyl (C=O) groups is 8. The van der Waals surface area contributed by atoms with Gasteiger partial charge in [0, 0.05) is 11.8 Å². The zero-order valence-electron chi connectivity index (χ0n) is 42.0. The average molecular weight is 951 g/mol. The van der Waals surface area contributed by atoms with Crippen LogP contribution in [0.25, 0.3) is 0 Å². The van der Waals surface area contributed by atoms with Crippen LogP contribution in [-0.4, -0.2) is 108 Å². The molecule has 0 aromatic heterocycles. The van der Waals surface area contributed by atoms with Gasteiger partial charge in [-0.25, -0.2) is 14.4 Å². The van der Waals surface area contributed by atoms with Gasteiger partial charge in [0.15, 0.2) is 19.8 Å². The molecule has 0 aliphatic heterocycles. The fourth-order valence-electron chi connectivity index (χ4n) is 11.5. The minimum absolute atomic E-state index is 0.0174. The van der Waals surface area contributed by atoms with Gasteiger partial charge in [-0.1, -0.05) is 20.8 Å². The van der Waals surface area contributed by atoms with E-state index in [1.54, 1.807) is 62.3 Å². The van der Waals surface area contributed by atoms with E-state index >= 15 is 0 Å². The SMILES string of the molecule is CC(CCC(=O)OCC(=O)OC(C)(C)C)C1CCC2C3C(O)CC4CC(OC(=O)CCC(=O)OCC(=O)OC(C)(C)C)CCC4(C)C3CC(OC(=O)CCC(=O)OCC(=O)OC(C)(C)C)C12C. The highest BCUT2D eigenvalue weighted by Gasteiger charge is 2.67. The van der Waals surface area contributed by atoms with Crippen LogP contribution in [0.2, 0.25) is 0 Å². The third kappa shape index (κ3) is 15.9. The van der Waals surface area contributed by atoms with E-state index in [1.807, 2.05) is 0 Å². The Labute approximate surface area is 396 Å². The Kier molecular flexibility index (Phi) is 18.5. The minimum Gasteiger partial charge on any atom is -0.462 e. The van der Waals surface area contributed by atoms with Crippen molar-refractivity contribution in [2.45, 2.75) is 202 Å². The third-order valence-electron chi connectivity index (χ3n) is 14.2. The molecule has 0 spiro atoms. The molecule has 11 atom stereocenters. The molecule has 4 aliphatic carbocycles. The monoisotopic (exact) mass is 951 g/mol. The first-order chi connectivity index (χ1) is 30.9. The number of ether oxygens (including phenoxy) is 8.